The molecule has 60 valence electrons. The molecule has 0 aliphatic heterocycles. The van der Waals surface area contributed by atoms with Gasteiger partial charge in [0.25, 0.3) is 0 Å². The molecule has 0 aromatic carbocycles. The van der Waals surface area contributed by atoms with Gasteiger partial charge in [0.15, 0.2) is 9.84 Å². The van der Waals surface area contributed by atoms with Gasteiger partial charge in [-0.3, -0.25) is 0 Å². The highest BCUT2D eigenvalue weighted by molar-refractivity contribution is 7.94. The van der Waals surface area contributed by atoms with Gasteiger partial charge in [-0.15, -0.1) is 0 Å². The molecule has 0 rings (SSSR count). The van der Waals surface area contributed by atoms with Gasteiger partial charge >= 0.3 is 0 Å². The third kappa shape index (κ3) is 3.50. The highest BCUT2D eigenvalue weighted by Gasteiger charge is 2.01. The molecule has 0 spiro atoms. The van der Waals surface area contributed by atoms with E-state index in [1.165, 1.54) is 5.41 Å². The Hall–Kier alpha value is -0.510. The quantitative estimate of drug-likeness (QED) is 0.659. The fourth-order valence-corrected chi connectivity index (χ4v) is 1.23. The standard InChI is InChI=1S/C6H13NO2S/c1-4-10(8,9)5-6(2)7-3/h5,7H,4H2,1-3H3/b6-5+. The van der Waals surface area contributed by atoms with Crippen LogP contribution in [0.25, 0.3) is 0 Å². The SMILES string of the molecule is CCS(=O)(=O)/C=C(\C)NC. The lowest BCUT2D eigenvalue weighted by Gasteiger charge is -1.97. The summed E-state index contributed by atoms with van der Waals surface area (Å²) in [5.74, 6) is 0.159. The number of hydrogen-bond donors (Lipinski definition) is 1. The van der Waals surface area contributed by atoms with E-state index < -0.39 is 9.84 Å². The van der Waals surface area contributed by atoms with E-state index in [1.807, 2.05) is 0 Å². The predicted molar refractivity (Wildman–Crippen MR) is 42.3 cm³/mol. The minimum atomic E-state index is -2.96. The lowest BCUT2D eigenvalue weighted by Crippen LogP contribution is -2.06. The minimum Gasteiger partial charge on any atom is -0.391 e. The Morgan fingerprint density at radius 1 is 1.60 bits per heavy atom. The van der Waals surface area contributed by atoms with E-state index in [4.69, 9.17) is 0 Å². The Morgan fingerprint density at radius 2 is 2.10 bits per heavy atom. The van der Waals surface area contributed by atoms with E-state index in [-0.39, 0.29) is 5.75 Å². The zero-order chi connectivity index (χ0) is 8.20. The first kappa shape index (κ1) is 9.49. The summed E-state index contributed by atoms with van der Waals surface area (Å²) < 4.78 is 21.7. The summed E-state index contributed by atoms with van der Waals surface area (Å²) in [6.45, 7) is 3.34. The lowest BCUT2D eigenvalue weighted by atomic mass is 10.6. The maximum Gasteiger partial charge on any atom is 0.173 e. The summed E-state index contributed by atoms with van der Waals surface area (Å²) in [7, 11) is -1.26. The van der Waals surface area contributed by atoms with Gasteiger partial charge in [-0.25, -0.2) is 8.42 Å². The van der Waals surface area contributed by atoms with E-state index >= 15 is 0 Å². The summed E-state index contributed by atoms with van der Waals surface area (Å²) in [5.41, 5.74) is 0.668. The second-order valence-corrected chi connectivity index (χ2v) is 4.14. The van der Waals surface area contributed by atoms with Crippen molar-refractivity contribution in [2.75, 3.05) is 12.8 Å². The van der Waals surface area contributed by atoms with E-state index in [0.29, 0.717) is 5.70 Å². The molecule has 0 atom stereocenters. The number of allylic oxidation sites excluding steroid dienone is 1. The average Bonchev–Trinajstić information content (AvgIpc) is 1.87. The van der Waals surface area contributed by atoms with Crippen LogP contribution in [0.5, 0.6) is 0 Å². The van der Waals surface area contributed by atoms with E-state index in [1.54, 1.807) is 20.9 Å². The van der Waals surface area contributed by atoms with Crippen molar-refractivity contribution in [1.29, 1.82) is 0 Å². The van der Waals surface area contributed by atoms with Crippen molar-refractivity contribution < 1.29 is 8.42 Å². The molecular weight excluding hydrogens is 150 g/mol. The van der Waals surface area contributed by atoms with Gasteiger partial charge in [0.2, 0.25) is 0 Å². The second-order valence-electron chi connectivity index (χ2n) is 2.00. The third-order valence-electron chi connectivity index (χ3n) is 1.15. The molecule has 0 fully saturated rings. The Balaban J connectivity index is 4.41. The van der Waals surface area contributed by atoms with Crippen LogP contribution in [0.15, 0.2) is 11.1 Å². The molecule has 0 amide bonds. The second kappa shape index (κ2) is 3.61. The van der Waals surface area contributed by atoms with Crippen molar-refractivity contribution in [3.63, 3.8) is 0 Å². The van der Waals surface area contributed by atoms with Crippen molar-refractivity contribution in [2.45, 2.75) is 13.8 Å². The molecule has 0 aliphatic rings. The molecule has 0 aliphatic carbocycles. The molecule has 0 saturated heterocycles. The molecule has 0 aromatic rings. The number of sulfone groups is 1. The van der Waals surface area contributed by atoms with E-state index in [2.05, 4.69) is 5.32 Å². The number of nitrogens with one attached hydrogen (secondary N) is 1. The fourth-order valence-electron chi connectivity index (χ4n) is 0.412. The minimum absolute atomic E-state index is 0.159. The summed E-state index contributed by atoms with van der Waals surface area (Å²) in [6.07, 6.45) is 0. The molecule has 0 aromatic heterocycles. The summed E-state index contributed by atoms with van der Waals surface area (Å²) in [5, 5.41) is 3.98. The Labute approximate surface area is 62.0 Å². The molecular formula is C6H13NO2S. The van der Waals surface area contributed by atoms with Crippen LogP contribution in [-0.4, -0.2) is 21.2 Å². The van der Waals surface area contributed by atoms with E-state index in [9.17, 15) is 8.42 Å². The first-order chi connectivity index (χ1) is 4.52. The van der Waals surface area contributed by atoms with Gasteiger partial charge in [-0.05, 0) is 6.92 Å². The fraction of sp³-hybridized carbons (Fsp3) is 0.667. The first-order valence-electron chi connectivity index (χ1n) is 3.10. The Morgan fingerprint density at radius 3 is 2.40 bits per heavy atom. The average molecular weight is 163 g/mol. The summed E-state index contributed by atoms with van der Waals surface area (Å²) in [6, 6.07) is 0. The maximum absolute atomic E-state index is 10.9. The van der Waals surface area contributed by atoms with Gasteiger partial charge in [-0.2, -0.15) is 0 Å². The zero-order valence-corrected chi connectivity index (χ0v) is 7.33. The summed E-state index contributed by atoms with van der Waals surface area (Å²) >= 11 is 0. The topological polar surface area (TPSA) is 46.2 Å². The molecule has 0 radical (unpaired) electrons. The van der Waals surface area contributed by atoms with Crippen molar-refractivity contribution >= 4 is 9.84 Å². The normalized spacial score (nSPS) is 13.3. The monoisotopic (exact) mass is 163 g/mol. The van der Waals surface area contributed by atoms with Gasteiger partial charge in [0.1, 0.15) is 0 Å². The van der Waals surface area contributed by atoms with Crippen LogP contribution >= 0.6 is 0 Å². The Kier molecular flexibility index (Phi) is 3.42. The molecule has 0 unspecified atom stereocenters. The lowest BCUT2D eigenvalue weighted by molar-refractivity contribution is 0.605. The highest BCUT2D eigenvalue weighted by Crippen LogP contribution is 1.95. The van der Waals surface area contributed by atoms with Gasteiger partial charge < -0.3 is 5.32 Å². The first-order valence-corrected chi connectivity index (χ1v) is 4.82. The van der Waals surface area contributed by atoms with Gasteiger partial charge in [0.05, 0.1) is 5.75 Å². The number of hydrogen-bond acceptors (Lipinski definition) is 3. The van der Waals surface area contributed by atoms with Crippen LogP contribution in [0.3, 0.4) is 0 Å². The molecule has 3 nitrogen and oxygen atoms in total. The van der Waals surface area contributed by atoms with Crippen molar-refractivity contribution in [3.05, 3.63) is 11.1 Å². The molecule has 0 heterocycles. The predicted octanol–water partition coefficient (Wildman–Crippen LogP) is 0.502. The largest absolute Gasteiger partial charge is 0.391 e. The maximum atomic E-state index is 10.9. The van der Waals surface area contributed by atoms with Crippen LogP contribution < -0.4 is 5.32 Å². The van der Waals surface area contributed by atoms with Crippen LogP contribution in [0.1, 0.15) is 13.8 Å². The molecule has 0 saturated carbocycles. The molecule has 4 heteroatoms. The van der Waals surface area contributed by atoms with Crippen molar-refractivity contribution in [1.82, 2.24) is 5.32 Å². The van der Waals surface area contributed by atoms with Crippen LogP contribution in [-0.2, 0) is 9.84 Å². The smallest absolute Gasteiger partial charge is 0.173 e. The summed E-state index contributed by atoms with van der Waals surface area (Å²) in [4.78, 5) is 0. The zero-order valence-electron chi connectivity index (χ0n) is 6.51. The van der Waals surface area contributed by atoms with Gasteiger partial charge in [-0.1, -0.05) is 6.92 Å². The van der Waals surface area contributed by atoms with Crippen molar-refractivity contribution in [2.24, 2.45) is 0 Å². The molecule has 1 N–H and O–H groups in total. The van der Waals surface area contributed by atoms with Crippen LogP contribution in [0.4, 0.5) is 0 Å². The third-order valence-corrected chi connectivity index (χ3v) is 2.67. The molecule has 0 bridgehead atoms. The van der Waals surface area contributed by atoms with E-state index in [0.717, 1.165) is 0 Å². The van der Waals surface area contributed by atoms with Crippen LogP contribution in [0.2, 0.25) is 0 Å². The number of rotatable bonds is 3. The highest BCUT2D eigenvalue weighted by atomic mass is 32.2. The Bertz CT molecular complexity index is 216. The van der Waals surface area contributed by atoms with Gasteiger partial charge in [0, 0.05) is 18.2 Å². The van der Waals surface area contributed by atoms with Crippen molar-refractivity contribution in [3.8, 4) is 0 Å². The molecule has 10 heavy (non-hydrogen) atoms. The van der Waals surface area contributed by atoms with Crippen LogP contribution in [0, 0.1) is 0 Å².